The van der Waals surface area contributed by atoms with Gasteiger partial charge in [0.05, 0.1) is 5.69 Å². The SMILES string of the molecule is Cc1nn2c(N)ccnc2c1C(C)C. The summed E-state index contributed by atoms with van der Waals surface area (Å²) in [4.78, 5) is 4.30. The molecule has 0 amide bonds. The van der Waals surface area contributed by atoms with Gasteiger partial charge in [0, 0.05) is 11.8 Å². The molecule has 2 aromatic rings. The van der Waals surface area contributed by atoms with Crippen LogP contribution in [-0.2, 0) is 0 Å². The first-order chi connectivity index (χ1) is 6.61. The van der Waals surface area contributed by atoms with Crippen molar-refractivity contribution in [2.75, 3.05) is 5.73 Å². The van der Waals surface area contributed by atoms with Gasteiger partial charge >= 0.3 is 0 Å². The maximum absolute atomic E-state index is 5.80. The molecule has 14 heavy (non-hydrogen) atoms. The predicted molar refractivity (Wildman–Crippen MR) is 56.2 cm³/mol. The standard InChI is InChI=1S/C10H14N4/c1-6(2)9-7(3)13-14-8(11)4-5-12-10(9)14/h4-6H,11H2,1-3H3. The molecule has 0 aliphatic heterocycles. The molecule has 0 fully saturated rings. The van der Waals surface area contributed by atoms with Crippen LogP contribution >= 0.6 is 0 Å². The highest BCUT2D eigenvalue weighted by Gasteiger charge is 2.14. The molecule has 2 N–H and O–H groups in total. The molecule has 2 rings (SSSR count). The summed E-state index contributed by atoms with van der Waals surface area (Å²) in [6.45, 7) is 6.26. The van der Waals surface area contributed by atoms with Crippen molar-refractivity contribution in [3.05, 3.63) is 23.5 Å². The molecular weight excluding hydrogens is 176 g/mol. The van der Waals surface area contributed by atoms with Crippen molar-refractivity contribution in [1.29, 1.82) is 0 Å². The van der Waals surface area contributed by atoms with Crippen LogP contribution in [0, 0.1) is 6.92 Å². The lowest BCUT2D eigenvalue weighted by molar-refractivity contribution is 0.860. The van der Waals surface area contributed by atoms with Crippen LogP contribution in [0.5, 0.6) is 0 Å². The maximum Gasteiger partial charge on any atom is 0.161 e. The van der Waals surface area contributed by atoms with E-state index in [1.54, 1.807) is 16.8 Å². The van der Waals surface area contributed by atoms with Crippen molar-refractivity contribution >= 4 is 11.5 Å². The van der Waals surface area contributed by atoms with Crippen molar-refractivity contribution < 1.29 is 0 Å². The Balaban J connectivity index is 2.83. The van der Waals surface area contributed by atoms with E-state index in [-0.39, 0.29) is 0 Å². The number of nitrogens with two attached hydrogens (primary N) is 1. The van der Waals surface area contributed by atoms with Crippen LogP contribution in [0.2, 0.25) is 0 Å². The van der Waals surface area contributed by atoms with E-state index in [0.717, 1.165) is 11.3 Å². The first-order valence-electron chi connectivity index (χ1n) is 4.71. The summed E-state index contributed by atoms with van der Waals surface area (Å²) in [5.74, 6) is 1.05. The highest BCUT2D eigenvalue weighted by atomic mass is 15.3. The molecule has 0 radical (unpaired) electrons. The van der Waals surface area contributed by atoms with E-state index < -0.39 is 0 Å². The summed E-state index contributed by atoms with van der Waals surface area (Å²) in [6, 6.07) is 1.75. The Kier molecular flexibility index (Phi) is 1.91. The molecule has 4 heteroatoms. The third-order valence-electron chi connectivity index (χ3n) is 2.35. The van der Waals surface area contributed by atoms with E-state index in [1.165, 1.54) is 5.56 Å². The minimum absolute atomic E-state index is 0.418. The van der Waals surface area contributed by atoms with E-state index in [4.69, 9.17) is 5.73 Å². The summed E-state index contributed by atoms with van der Waals surface area (Å²) in [5.41, 5.74) is 8.85. The van der Waals surface area contributed by atoms with Crippen LogP contribution in [0.3, 0.4) is 0 Å². The molecule has 0 aromatic carbocycles. The number of rotatable bonds is 1. The van der Waals surface area contributed by atoms with Crippen LogP contribution in [0.1, 0.15) is 31.0 Å². The van der Waals surface area contributed by atoms with Gasteiger partial charge in [-0.1, -0.05) is 13.8 Å². The second kappa shape index (κ2) is 2.97. The maximum atomic E-state index is 5.80. The number of fused-ring (bicyclic) bond motifs is 1. The molecule has 74 valence electrons. The molecule has 0 aliphatic carbocycles. The highest BCUT2D eigenvalue weighted by Crippen LogP contribution is 2.23. The fourth-order valence-corrected chi connectivity index (χ4v) is 1.76. The zero-order valence-electron chi connectivity index (χ0n) is 8.65. The van der Waals surface area contributed by atoms with Crippen LogP contribution < -0.4 is 5.73 Å². The first-order valence-corrected chi connectivity index (χ1v) is 4.71. The van der Waals surface area contributed by atoms with Gasteiger partial charge in [0.15, 0.2) is 5.65 Å². The summed E-state index contributed by atoms with van der Waals surface area (Å²) in [7, 11) is 0. The molecule has 0 atom stereocenters. The second-order valence-electron chi connectivity index (χ2n) is 3.76. The molecule has 2 heterocycles. The largest absolute Gasteiger partial charge is 0.384 e. The van der Waals surface area contributed by atoms with Gasteiger partial charge in [0.25, 0.3) is 0 Å². The molecule has 0 spiro atoms. The third-order valence-corrected chi connectivity index (χ3v) is 2.35. The molecule has 0 saturated carbocycles. The van der Waals surface area contributed by atoms with Gasteiger partial charge in [-0.15, -0.1) is 0 Å². The Labute approximate surface area is 82.8 Å². The van der Waals surface area contributed by atoms with Crippen LogP contribution in [0.25, 0.3) is 5.65 Å². The Morgan fingerprint density at radius 1 is 1.43 bits per heavy atom. The topological polar surface area (TPSA) is 56.2 Å². The Bertz CT molecular complexity index is 470. The third kappa shape index (κ3) is 1.14. The number of aromatic nitrogens is 3. The predicted octanol–water partition coefficient (Wildman–Crippen LogP) is 1.74. The minimum Gasteiger partial charge on any atom is -0.384 e. The smallest absolute Gasteiger partial charge is 0.161 e. The summed E-state index contributed by atoms with van der Waals surface area (Å²) >= 11 is 0. The molecule has 2 aromatic heterocycles. The van der Waals surface area contributed by atoms with Crippen molar-refractivity contribution in [3.8, 4) is 0 Å². The molecule has 0 unspecified atom stereocenters. The molecular formula is C10H14N4. The Morgan fingerprint density at radius 2 is 2.14 bits per heavy atom. The average molecular weight is 190 g/mol. The quantitative estimate of drug-likeness (QED) is 0.745. The lowest BCUT2D eigenvalue weighted by Gasteiger charge is -2.02. The minimum atomic E-state index is 0.418. The van der Waals surface area contributed by atoms with Gasteiger partial charge < -0.3 is 5.73 Å². The second-order valence-corrected chi connectivity index (χ2v) is 3.76. The van der Waals surface area contributed by atoms with Crippen molar-refractivity contribution in [1.82, 2.24) is 14.6 Å². The monoisotopic (exact) mass is 190 g/mol. The number of anilines is 1. The molecule has 0 aliphatic rings. The van der Waals surface area contributed by atoms with Crippen LogP contribution in [0.15, 0.2) is 12.3 Å². The molecule has 0 bridgehead atoms. The fourth-order valence-electron chi connectivity index (χ4n) is 1.76. The van der Waals surface area contributed by atoms with Gasteiger partial charge in [0.2, 0.25) is 0 Å². The van der Waals surface area contributed by atoms with Crippen molar-refractivity contribution in [3.63, 3.8) is 0 Å². The van der Waals surface area contributed by atoms with Gasteiger partial charge in [-0.25, -0.2) is 4.98 Å². The van der Waals surface area contributed by atoms with Gasteiger partial charge in [0.1, 0.15) is 5.82 Å². The number of hydrogen-bond donors (Lipinski definition) is 1. The van der Waals surface area contributed by atoms with Crippen LogP contribution in [-0.4, -0.2) is 14.6 Å². The number of nitrogens with zero attached hydrogens (tertiary/aromatic N) is 3. The Hall–Kier alpha value is -1.58. The summed E-state index contributed by atoms with van der Waals surface area (Å²) < 4.78 is 1.70. The lowest BCUT2D eigenvalue weighted by atomic mass is 10.0. The van der Waals surface area contributed by atoms with E-state index in [1.807, 2.05) is 6.92 Å². The average Bonchev–Trinajstić information content (AvgIpc) is 2.42. The lowest BCUT2D eigenvalue weighted by Crippen LogP contribution is -1.99. The van der Waals surface area contributed by atoms with E-state index >= 15 is 0 Å². The zero-order chi connectivity index (χ0) is 10.3. The summed E-state index contributed by atoms with van der Waals surface area (Å²) in [5, 5.41) is 4.36. The molecule has 0 saturated heterocycles. The highest BCUT2D eigenvalue weighted by molar-refractivity contribution is 5.55. The van der Waals surface area contributed by atoms with Crippen molar-refractivity contribution in [2.24, 2.45) is 0 Å². The Morgan fingerprint density at radius 3 is 2.79 bits per heavy atom. The zero-order valence-corrected chi connectivity index (χ0v) is 8.65. The summed E-state index contributed by atoms with van der Waals surface area (Å²) in [6.07, 6.45) is 1.72. The number of aryl methyl sites for hydroxylation is 1. The number of nitrogen functional groups attached to an aromatic ring is 1. The fraction of sp³-hybridized carbons (Fsp3) is 0.400. The van der Waals surface area contributed by atoms with Crippen LogP contribution in [0.4, 0.5) is 5.82 Å². The number of hydrogen-bond acceptors (Lipinski definition) is 3. The van der Waals surface area contributed by atoms with Gasteiger partial charge in [-0.2, -0.15) is 9.61 Å². The van der Waals surface area contributed by atoms with E-state index in [9.17, 15) is 0 Å². The van der Waals surface area contributed by atoms with Gasteiger partial charge in [-0.05, 0) is 18.9 Å². The normalized spacial score (nSPS) is 11.4. The van der Waals surface area contributed by atoms with E-state index in [2.05, 4.69) is 23.9 Å². The van der Waals surface area contributed by atoms with E-state index in [0.29, 0.717) is 11.7 Å². The van der Waals surface area contributed by atoms with Gasteiger partial charge in [-0.3, -0.25) is 0 Å². The first kappa shape index (κ1) is 8.99. The van der Waals surface area contributed by atoms with Crippen molar-refractivity contribution in [2.45, 2.75) is 26.7 Å². The molecule has 4 nitrogen and oxygen atoms in total.